The van der Waals surface area contributed by atoms with E-state index in [1.165, 1.54) is 0 Å². The van der Waals surface area contributed by atoms with Crippen LogP contribution in [-0.2, 0) is 0 Å². The first-order valence-corrected chi connectivity index (χ1v) is 4.47. The molecule has 1 aromatic heterocycles. The predicted octanol–water partition coefficient (Wildman–Crippen LogP) is 1.98. The molecule has 2 aromatic rings. The van der Waals surface area contributed by atoms with Gasteiger partial charge in [-0.15, -0.1) is 0 Å². The van der Waals surface area contributed by atoms with Crippen molar-refractivity contribution < 1.29 is 4.79 Å². The standard InChI is InChI=1S/C8H5IN2O/c9-6-1-5(3-12)2-7-8(6)11-4-10-7/h1-4H,(H,10,11). The summed E-state index contributed by atoms with van der Waals surface area (Å²) in [5, 5.41) is 0. The second-order valence-corrected chi connectivity index (χ2v) is 3.58. The lowest BCUT2D eigenvalue weighted by Gasteiger charge is -1.94. The van der Waals surface area contributed by atoms with E-state index >= 15 is 0 Å². The van der Waals surface area contributed by atoms with Crippen molar-refractivity contribution in [3.05, 3.63) is 27.6 Å². The maximum Gasteiger partial charge on any atom is 0.150 e. The molecule has 0 aliphatic rings. The number of aldehydes is 1. The van der Waals surface area contributed by atoms with Crippen LogP contribution in [0.15, 0.2) is 18.5 Å². The summed E-state index contributed by atoms with van der Waals surface area (Å²) >= 11 is 2.16. The maximum absolute atomic E-state index is 10.5. The van der Waals surface area contributed by atoms with E-state index in [1.54, 1.807) is 12.4 Å². The molecular weight excluding hydrogens is 267 g/mol. The number of hydrogen-bond donors (Lipinski definition) is 1. The van der Waals surface area contributed by atoms with Gasteiger partial charge in [0, 0.05) is 9.13 Å². The molecule has 0 fully saturated rings. The van der Waals surface area contributed by atoms with Gasteiger partial charge in [-0.3, -0.25) is 4.79 Å². The molecule has 3 nitrogen and oxygen atoms in total. The third-order valence-corrected chi connectivity index (χ3v) is 2.46. The summed E-state index contributed by atoms with van der Waals surface area (Å²) in [7, 11) is 0. The van der Waals surface area contributed by atoms with Crippen LogP contribution in [0, 0.1) is 3.57 Å². The predicted molar refractivity (Wildman–Crippen MR) is 54.2 cm³/mol. The van der Waals surface area contributed by atoms with E-state index in [1.807, 2.05) is 6.07 Å². The quantitative estimate of drug-likeness (QED) is 0.637. The van der Waals surface area contributed by atoms with Crippen molar-refractivity contribution in [2.24, 2.45) is 0 Å². The molecule has 2 rings (SSSR count). The number of carbonyl (C=O) groups is 1. The second kappa shape index (κ2) is 2.85. The van der Waals surface area contributed by atoms with Crippen LogP contribution in [0.25, 0.3) is 11.0 Å². The number of nitrogens with one attached hydrogen (secondary N) is 1. The van der Waals surface area contributed by atoms with Crippen LogP contribution in [-0.4, -0.2) is 16.3 Å². The van der Waals surface area contributed by atoms with Crippen molar-refractivity contribution in [1.82, 2.24) is 9.97 Å². The molecule has 0 bridgehead atoms. The van der Waals surface area contributed by atoms with E-state index in [-0.39, 0.29) is 0 Å². The normalized spacial score (nSPS) is 10.4. The molecule has 0 spiro atoms. The molecule has 1 heterocycles. The van der Waals surface area contributed by atoms with Gasteiger partial charge in [0.15, 0.2) is 0 Å². The number of hydrogen-bond acceptors (Lipinski definition) is 2. The lowest BCUT2D eigenvalue weighted by molar-refractivity contribution is 0.112. The summed E-state index contributed by atoms with van der Waals surface area (Å²) in [6.07, 6.45) is 2.46. The Morgan fingerprint density at radius 2 is 2.33 bits per heavy atom. The molecule has 0 amide bonds. The van der Waals surface area contributed by atoms with Gasteiger partial charge in [0.05, 0.1) is 11.8 Å². The first kappa shape index (κ1) is 7.72. The van der Waals surface area contributed by atoms with Crippen LogP contribution in [0.4, 0.5) is 0 Å². The van der Waals surface area contributed by atoms with Crippen LogP contribution in [0.3, 0.4) is 0 Å². The van der Waals surface area contributed by atoms with Crippen LogP contribution < -0.4 is 0 Å². The number of aromatic amines is 1. The average molecular weight is 272 g/mol. The molecule has 0 aliphatic carbocycles. The van der Waals surface area contributed by atoms with E-state index in [0.717, 1.165) is 20.9 Å². The van der Waals surface area contributed by atoms with Gasteiger partial charge in [-0.1, -0.05) is 0 Å². The highest BCUT2D eigenvalue weighted by Gasteiger charge is 2.02. The SMILES string of the molecule is O=Cc1cc(I)c2nc[nH]c2c1. The van der Waals surface area contributed by atoms with Gasteiger partial charge in [-0.25, -0.2) is 4.98 Å². The van der Waals surface area contributed by atoms with Crippen LogP contribution in [0.2, 0.25) is 0 Å². The number of benzene rings is 1. The van der Waals surface area contributed by atoms with Crippen LogP contribution in [0.1, 0.15) is 10.4 Å². The van der Waals surface area contributed by atoms with Gasteiger partial charge in [-0.2, -0.15) is 0 Å². The van der Waals surface area contributed by atoms with Crippen LogP contribution >= 0.6 is 22.6 Å². The third kappa shape index (κ3) is 1.12. The highest BCUT2D eigenvalue weighted by molar-refractivity contribution is 14.1. The van der Waals surface area contributed by atoms with E-state index in [0.29, 0.717) is 5.56 Å². The average Bonchev–Trinajstić information content (AvgIpc) is 2.52. The molecule has 1 aromatic carbocycles. The molecule has 0 unspecified atom stereocenters. The molecule has 60 valence electrons. The van der Waals surface area contributed by atoms with E-state index in [4.69, 9.17) is 0 Å². The Bertz CT molecular complexity index is 436. The number of rotatable bonds is 1. The molecular formula is C8H5IN2O. The molecule has 0 aliphatic heterocycles. The maximum atomic E-state index is 10.5. The number of carbonyl (C=O) groups excluding carboxylic acids is 1. The van der Waals surface area contributed by atoms with Crippen molar-refractivity contribution in [1.29, 1.82) is 0 Å². The smallest absolute Gasteiger partial charge is 0.150 e. The number of imidazole rings is 1. The summed E-state index contributed by atoms with van der Waals surface area (Å²) in [5.41, 5.74) is 2.50. The lowest BCUT2D eigenvalue weighted by Crippen LogP contribution is -1.83. The number of halogens is 1. The van der Waals surface area contributed by atoms with Crippen molar-refractivity contribution in [2.75, 3.05) is 0 Å². The number of aromatic nitrogens is 2. The fourth-order valence-electron chi connectivity index (χ4n) is 1.10. The van der Waals surface area contributed by atoms with Gasteiger partial charge < -0.3 is 4.98 Å². The molecule has 0 radical (unpaired) electrons. The number of nitrogens with zero attached hydrogens (tertiary/aromatic N) is 1. The Morgan fingerprint density at radius 1 is 1.50 bits per heavy atom. The first-order valence-electron chi connectivity index (χ1n) is 3.39. The number of H-pyrrole nitrogens is 1. The molecule has 1 N–H and O–H groups in total. The molecule has 12 heavy (non-hydrogen) atoms. The van der Waals surface area contributed by atoms with E-state index < -0.39 is 0 Å². The highest BCUT2D eigenvalue weighted by atomic mass is 127. The van der Waals surface area contributed by atoms with Crippen LogP contribution in [0.5, 0.6) is 0 Å². The Labute approximate surface area is 82.3 Å². The fraction of sp³-hybridized carbons (Fsp3) is 0. The van der Waals surface area contributed by atoms with Gasteiger partial charge in [0.2, 0.25) is 0 Å². The minimum absolute atomic E-state index is 0.677. The minimum atomic E-state index is 0.677. The lowest BCUT2D eigenvalue weighted by atomic mass is 10.2. The summed E-state index contributed by atoms with van der Waals surface area (Å²) in [4.78, 5) is 17.6. The Morgan fingerprint density at radius 3 is 3.08 bits per heavy atom. The van der Waals surface area contributed by atoms with E-state index in [9.17, 15) is 4.79 Å². The Balaban J connectivity index is 2.83. The highest BCUT2D eigenvalue weighted by Crippen LogP contribution is 2.18. The van der Waals surface area contributed by atoms with Gasteiger partial charge >= 0.3 is 0 Å². The van der Waals surface area contributed by atoms with Crippen molar-refractivity contribution in [2.45, 2.75) is 0 Å². The second-order valence-electron chi connectivity index (χ2n) is 2.42. The number of fused-ring (bicyclic) bond motifs is 1. The molecule has 0 saturated carbocycles. The van der Waals surface area contributed by atoms with Gasteiger partial charge in [0.1, 0.15) is 11.8 Å². The third-order valence-electron chi connectivity index (χ3n) is 1.64. The zero-order valence-electron chi connectivity index (χ0n) is 6.04. The Hall–Kier alpha value is -0.910. The molecule has 0 saturated heterocycles. The van der Waals surface area contributed by atoms with Gasteiger partial charge in [-0.05, 0) is 34.7 Å². The fourth-order valence-corrected chi connectivity index (χ4v) is 1.89. The zero-order chi connectivity index (χ0) is 8.55. The topological polar surface area (TPSA) is 45.8 Å². The minimum Gasteiger partial charge on any atom is -0.345 e. The van der Waals surface area contributed by atoms with Gasteiger partial charge in [0.25, 0.3) is 0 Å². The summed E-state index contributed by atoms with van der Waals surface area (Å²) in [6.45, 7) is 0. The Kier molecular flexibility index (Phi) is 1.84. The van der Waals surface area contributed by atoms with Crippen molar-refractivity contribution in [3.63, 3.8) is 0 Å². The molecule has 0 atom stereocenters. The first-order chi connectivity index (χ1) is 5.81. The van der Waals surface area contributed by atoms with E-state index in [2.05, 4.69) is 32.6 Å². The van der Waals surface area contributed by atoms with Crippen molar-refractivity contribution in [3.8, 4) is 0 Å². The summed E-state index contributed by atoms with van der Waals surface area (Å²) in [6, 6.07) is 3.61. The van der Waals surface area contributed by atoms with Crippen molar-refractivity contribution >= 4 is 39.9 Å². The summed E-state index contributed by atoms with van der Waals surface area (Å²) in [5.74, 6) is 0. The summed E-state index contributed by atoms with van der Waals surface area (Å²) < 4.78 is 0.994. The zero-order valence-corrected chi connectivity index (χ0v) is 8.20. The molecule has 4 heteroatoms. The monoisotopic (exact) mass is 272 g/mol. The largest absolute Gasteiger partial charge is 0.345 e.